The molecule has 112 valence electrons. The third kappa shape index (κ3) is 3.23. The van der Waals surface area contributed by atoms with Gasteiger partial charge in [-0.05, 0) is 18.2 Å². The minimum absolute atomic E-state index is 0.371. The Morgan fingerprint density at radius 3 is 2.76 bits per heavy atom. The molecule has 1 saturated heterocycles. The van der Waals surface area contributed by atoms with E-state index in [0.717, 1.165) is 11.3 Å². The molecular formula is C13H16N4O3S. The van der Waals surface area contributed by atoms with Gasteiger partial charge >= 0.3 is 10.2 Å². The van der Waals surface area contributed by atoms with Crippen LogP contribution in [0.2, 0.25) is 0 Å². The number of nitrogens with one attached hydrogen (secondary N) is 2. The Kier molecular flexibility index (Phi) is 3.91. The fourth-order valence-electron chi connectivity index (χ4n) is 2.17. The first-order valence-electron chi connectivity index (χ1n) is 6.61. The summed E-state index contributed by atoms with van der Waals surface area (Å²) in [5.74, 6) is 0. The van der Waals surface area contributed by atoms with E-state index in [4.69, 9.17) is 4.74 Å². The Bertz CT molecular complexity index is 694. The van der Waals surface area contributed by atoms with Crippen molar-refractivity contribution in [2.45, 2.75) is 0 Å². The highest BCUT2D eigenvalue weighted by molar-refractivity contribution is 7.90. The van der Waals surface area contributed by atoms with Crippen molar-refractivity contribution in [3.63, 3.8) is 0 Å². The van der Waals surface area contributed by atoms with Gasteiger partial charge in [0.1, 0.15) is 0 Å². The van der Waals surface area contributed by atoms with E-state index in [-0.39, 0.29) is 0 Å². The molecule has 2 aromatic rings. The molecule has 7 nitrogen and oxygen atoms in total. The fourth-order valence-corrected chi connectivity index (χ4v) is 3.35. The van der Waals surface area contributed by atoms with Crippen LogP contribution < -0.4 is 4.72 Å². The first kappa shape index (κ1) is 14.1. The Labute approximate surface area is 123 Å². The summed E-state index contributed by atoms with van der Waals surface area (Å²) in [5, 5.41) is 6.74. The predicted octanol–water partition coefficient (Wildman–Crippen LogP) is 1.07. The lowest BCUT2D eigenvalue weighted by molar-refractivity contribution is 0.0733. The van der Waals surface area contributed by atoms with Crippen LogP contribution in [0.25, 0.3) is 11.3 Å². The normalized spacial score (nSPS) is 16.8. The Morgan fingerprint density at radius 1 is 1.24 bits per heavy atom. The second-order valence-electron chi connectivity index (χ2n) is 4.67. The van der Waals surface area contributed by atoms with Gasteiger partial charge in [0, 0.05) is 24.8 Å². The van der Waals surface area contributed by atoms with E-state index in [2.05, 4.69) is 14.9 Å². The van der Waals surface area contributed by atoms with Gasteiger partial charge in [0.15, 0.2) is 0 Å². The SMILES string of the molecule is O=S(=O)(Nc1cccc(-c2ccn[nH]2)c1)N1CCOCC1. The average molecular weight is 308 g/mol. The van der Waals surface area contributed by atoms with Crippen LogP contribution in [0.15, 0.2) is 36.5 Å². The summed E-state index contributed by atoms with van der Waals surface area (Å²) in [4.78, 5) is 0. The van der Waals surface area contributed by atoms with Crippen LogP contribution in [0.4, 0.5) is 5.69 Å². The molecule has 0 unspecified atom stereocenters. The molecule has 0 bridgehead atoms. The molecule has 1 aliphatic heterocycles. The molecule has 0 saturated carbocycles. The van der Waals surface area contributed by atoms with E-state index in [1.807, 2.05) is 12.1 Å². The minimum atomic E-state index is -3.54. The van der Waals surface area contributed by atoms with Gasteiger partial charge < -0.3 is 4.74 Å². The maximum absolute atomic E-state index is 12.3. The van der Waals surface area contributed by atoms with Gasteiger partial charge in [0.2, 0.25) is 0 Å². The van der Waals surface area contributed by atoms with Crippen molar-refractivity contribution in [1.29, 1.82) is 0 Å². The molecule has 1 aliphatic rings. The highest BCUT2D eigenvalue weighted by Gasteiger charge is 2.24. The Balaban J connectivity index is 1.80. The van der Waals surface area contributed by atoms with Crippen molar-refractivity contribution in [2.24, 2.45) is 0 Å². The van der Waals surface area contributed by atoms with Crippen molar-refractivity contribution < 1.29 is 13.2 Å². The number of morpholine rings is 1. The molecule has 2 N–H and O–H groups in total. The molecule has 0 aliphatic carbocycles. The van der Waals surface area contributed by atoms with Crippen molar-refractivity contribution in [2.75, 3.05) is 31.0 Å². The minimum Gasteiger partial charge on any atom is -0.379 e. The van der Waals surface area contributed by atoms with E-state index >= 15 is 0 Å². The van der Waals surface area contributed by atoms with Crippen molar-refractivity contribution >= 4 is 15.9 Å². The van der Waals surface area contributed by atoms with Crippen molar-refractivity contribution in [3.8, 4) is 11.3 Å². The topological polar surface area (TPSA) is 87.3 Å². The molecular weight excluding hydrogens is 292 g/mol. The number of ether oxygens (including phenoxy) is 1. The largest absolute Gasteiger partial charge is 0.379 e. The molecule has 2 heterocycles. The number of aromatic amines is 1. The number of anilines is 1. The number of hydrogen-bond acceptors (Lipinski definition) is 4. The molecule has 0 atom stereocenters. The number of aromatic nitrogens is 2. The summed E-state index contributed by atoms with van der Waals surface area (Å²) in [6.45, 7) is 1.59. The van der Waals surface area contributed by atoms with Crippen LogP contribution >= 0.6 is 0 Å². The number of nitrogens with zero attached hydrogens (tertiary/aromatic N) is 2. The van der Waals surface area contributed by atoms with Gasteiger partial charge in [-0.1, -0.05) is 12.1 Å². The predicted molar refractivity (Wildman–Crippen MR) is 79.0 cm³/mol. The highest BCUT2D eigenvalue weighted by atomic mass is 32.2. The van der Waals surface area contributed by atoms with E-state index in [1.165, 1.54) is 4.31 Å². The summed E-state index contributed by atoms with van der Waals surface area (Å²) in [6, 6.07) is 9.01. The maximum atomic E-state index is 12.3. The number of rotatable bonds is 4. The van der Waals surface area contributed by atoms with Crippen LogP contribution in [0.5, 0.6) is 0 Å². The van der Waals surface area contributed by atoms with Gasteiger partial charge in [-0.3, -0.25) is 9.82 Å². The lowest BCUT2D eigenvalue weighted by Crippen LogP contribution is -2.43. The van der Waals surface area contributed by atoms with Crippen LogP contribution in [0, 0.1) is 0 Å². The number of hydrogen-bond donors (Lipinski definition) is 2. The maximum Gasteiger partial charge on any atom is 0.301 e. The van der Waals surface area contributed by atoms with E-state index in [1.54, 1.807) is 24.4 Å². The summed E-state index contributed by atoms with van der Waals surface area (Å²) in [5.41, 5.74) is 2.23. The van der Waals surface area contributed by atoms with Crippen LogP contribution in [-0.4, -0.2) is 49.2 Å². The number of benzene rings is 1. The summed E-state index contributed by atoms with van der Waals surface area (Å²) in [7, 11) is -3.54. The first-order chi connectivity index (χ1) is 10.1. The van der Waals surface area contributed by atoms with E-state index in [9.17, 15) is 8.42 Å². The Morgan fingerprint density at radius 2 is 2.05 bits per heavy atom. The van der Waals surface area contributed by atoms with Crippen molar-refractivity contribution in [1.82, 2.24) is 14.5 Å². The monoisotopic (exact) mass is 308 g/mol. The van der Waals surface area contributed by atoms with E-state index < -0.39 is 10.2 Å². The van der Waals surface area contributed by atoms with Gasteiger partial charge in [-0.25, -0.2) is 0 Å². The summed E-state index contributed by atoms with van der Waals surface area (Å²) in [6.07, 6.45) is 1.65. The lowest BCUT2D eigenvalue weighted by Gasteiger charge is -2.26. The number of H-pyrrole nitrogens is 1. The molecule has 1 fully saturated rings. The zero-order valence-electron chi connectivity index (χ0n) is 11.3. The quantitative estimate of drug-likeness (QED) is 0.884. The first-order valence-corrected chi connectivity index (χ1v) is 8.05. The summed E-state index contributed by atoms with van der Waals surface area (Å²) >= 11 is 0. The molecule has 8 heteroatoms. The van der Waals surface area contributed by atoms with E-state index in [0.29, 0.717) is 32.0 Å². The fraction of sp³-hybridized carbons (Fsp3) is 0.308. The standard InChI is InChI=1S/C13H16N4O3S/c18-21(19,17-6-8-20-9-7-17)16-12-3-1-2-11(10-12)13-4-5-14-15-13/h1-5,10,16H,6-9H2,(H,14,15). The zero-order valence-corrected chi connectivity index (χ0v) is 12.1. The molecule has 0 radical (unpaired) electrons. The summed E-state index contributed by atoms with van der Waals surface area (Å²) < 4.78 is 33.7. The molecule has 1 aromatic heterocycles. The molecule has 3 rings (SSSR count). The third-order valence-electron chi connectivity index (χ3n) is 3.23. The smallest absolute Gasteiger partial charge is 0.301 e. The zero-order chi connectivity index (χ0) is 14.7. The van der Waals surface area contributed by atoms with Gasteiger partial charge in [-0.15, -0.1) is 0 Å². The van der Waals surface area contributed by atoms with Gasteiger partial charge in [-0.2, -0.15) is 17.8 Å². The average Bonchev–Trinajstić information content (AvgIpc) is 3.02. The second-order valence-corrected chi connectivity index (χ2v) is 6.34. The molecule has 0 amide bonds. The molecule has 0 spiro atoms. The van der Waals surface area contributed by atoms with Crippen LogP contribution in [0.3, 0.4) is 0 Å². The van der Waals surface area contributed by atoms with Gasteiger partial charge in [0.25, 0.3) is 0 Å². The van der Waals surface area contributed by atoms with Gasteiger partial charge in [0.05, 0.1) is 24.6 Å². The lowest BCUT2D eigenvalue weighted by atomic mass is 10.1. The van der Waals surface area contributed by atoms with Crippen molar-refractivity contribution in [3.05, 3.63) is 36.5 Å². The molecule has 21 heavy (non-hydrogen) atoms. The van der Waals surface area contributed by atoms with Crippen LogP contribution in [0.1, 0.15) is 0 Å². The molecule has 1 aromatic carbocycles. The highest BCUT2D eigenvalue weighted by Crippen LogP contribution is 2.21. The van der Waals surface area contributed by atoms with Crippen LogP contribution in [-0.2, 0) is 14.9 Å². The second kappa shape index (κ2) is 5.84. The third-order valence-corrected chi connectivity index (χ3v) is 4.77. The Hall–Kier alpha value is -1.90.